The highest BCUT2D eigenvalue weighted by molar-refractivity contribution is 5.39. The summed E-state index contributed by atoms with van der Waals surface area (Å²) in [7, 11) is 1.64. The zero-order valence-corrected chi connectivity index (χ0v) is 13.0. The Morgan fingerprint density at radius 1 is 1.24 bits per heavy atom. The molecule has 114 valence electrons. The molecule has 0 aliphatic heterocycles. The van der Waals surface area contributed by atoms with Crippen molar-refractivity contribution in [3.63, 3.8) is 0 Å². The molecule has 2 unspecified atom stereocenters. The number of ether oxygens (including phenoxy) is 1. The molecular weight excluding hydrogens is 266 g/mol. The van der Waals surface area contributed by atoms with E-state index < -0.39 is 6.10 Å². The van der Waals surface area contributed by atoms with Crippen LogP contribution in [-0.4, -0.2) is 18.8 Å². The van der Waals surface area contributed by atoms with Gasteiger partial charge in [0.05, 0.1) is 13.2 Å². The van der Waals surface area contributed by atoms with Gasteiger partial charge in [0.25, 0.3) is 0 Å². The first-order valence-electron chi connectivity index (χ1n) is 7.07. The van der Waals surface area contributed by atoms with E-state index in [1.807, 2.05) is 45.0 Å². The second-order valence-corrected chi connectivity index (χ2v) is 5.38. The predicted molar refractivity (Wildman–Crippen MR) is 82.7 cm³/mol. The number of benzene rings is 1. The van der Waals surface area contributed by atoms with Crippen molar-refractivity contribution in [2.24, 2.45) is 5.73 Å². The highest BCUT2D eigenvalue weighted by atomic mass is 16.5. The van der Waals surface area contributed by atoms with Crippen molar-refractivity contribution in [1.29, 1.82) is 0 Å². The Morgan fingerprint density at radius 3 is 2.48 bits per heavy atom. The van der Waals surface area contributed by atoms with Gasteiger partial charge < -0.3 is 20.0 Å². The van der Waals surface area contributed by atoms with Crippen LogP contribution in [-0.2, 0) is 0 Å². The molecule has 2 aromatic rings. The maximum atomic E-state index is 10.7. The van der Waals surface area contributed by atoms with Gasteiger partial charge in [-0.3, -0.25) is 0 Å². The van der Waals surface area contributed by atoms with Crippen LogP contribution < -0.4 is 10.5 Å². The minimum Gasteiger partial charge on any atom is -0.496 e. The molecule has 4 heteroatoms. The van der Waals surface area contributed by atoms with Crippen LogP contribution in [0.5, 0.6) is 5.75 Å². The van der Waals surface area contributed by atoms with E-state index in [1.54, 1.807) is 7.11 Å². The minimum atomic E-state index is -0.695. The number of aliphatic hydroxyl groups is 1. The van der Waals surface area contributed by atoms with Crippen molar-refractivity contribution in [1.82, 2.24) is 0 Å². The molecule has 1 aromatic heterocycles. The lowest BCUT2D eigenvalue weighted by atomic mass is 9.88. The van der Waals surface area contributed by atoms with Crippen molar-refractivity contribution in [3.8, 4) is 5.75 Å². The molecule has 0 saturated carbocycles. The summed E-state index contributed by atoms with van der Waals surface area (Å²) in [6.07, 6.45) is -0.695. The van der Waals surface area contributed by atoms with E-state index in [-0.39, 0.29) is 5.92 Å². The van der Waals surface area contributed by atoms with Crippen LogP contribution in [0.25, 0.3) is 0 Å². The quantitative estimate of drug-likeness (QED) is 0.888. The fraction of sp³-hybridized carbons (Fsp3) is 0.412. The van der Waals surface area contributed by atoms with Crippen LogP contribution >= 0.6 is 0 Å². The van der Waals surface area contributed by atoms with E-state index in [0.717, 1.165) is 34.0 Å². The monoisotopic (exact) mass is 289 g/mol. The highest BCUT2D eigenvalue weighted by Crippen LogP contribution is 2.35. The van der Waals surface area contributed by atoms with Crippen molar-refractivity contribution >= 4 is 0 Å². The molecule has 1 aromatic carbocycles. The van der Waals surface area contributed by atoms with Crippen LogP contribution in [0.15, 0.2) is 28.7 Å². The number of furan rings is 1. The SMILES string of the molecule is COc1cc(C(CN)C(O)c2cc(C)oc2C)ccc1C. The van der Waals surface area contributed by atoms with Gasteiger partial charge >= 0.3 is 0 Å². The summed E-state index contributed by atoms with van der Waals surface area (Å²) in [5.41, 5.74) is 8.71. The van der Waals surface area contributed by atoms with E-state index in [2.05, 4.69) is 0 Å². The van der Waals surface area contributed by atoms with E-state index in [0.29, 0.717) is 6.54 Å². The molecule has 0 radical (unpaired) electrons. The maximum absolute atomic E-state index is 10.7. The molecular formula is C17H23NO3. The molecule has 0 saturated heterocycles. The van der Waals surface area contributed by atoms with E-state index in [9.17, 15) is 5.11 Å². The Morgan fingerprint density at radius 2 is 1.95 bits per heavy atom. The fourth-order valence-electron chi connectivity index (χ4n) is 2.68. The summed E-state index contributed by atoms with van der Waals surface area (Å²) in [6.45, 7) is 6.06. The summed E-state index contributed by atoms with van der Waals surface area (Å²) in [4.78, 5) is 0. The molecule has 0 bridgehead atoms. The molecule has 2 rings (SSSR count). The highest BCUT2D eigenvalue weighted by Gasteiger charge is 2.25. The second-order valence-electron chi connectivity index (χ2n) is 5.38. The fourth-order valence-corrected chi connectivity index (χ4v) is 2.68. The molecule has 0 aliphatic carbocycles. The maximum Gasteiger partial charge on any atom is 0.122 e. The number of nitrogens with two attached hydrogens (primary N) is 1. The molecule has 0 aliphatic rings. The Balaban J connectivity index is 2.37. The van der Waals surface area contributed by atoms with Gasteiger partial charge in [0, 0.05) is 18.0 Å². The van der Waals surface area contributed by atoms with Crippen LogP contribution in [0.1, 0.15) is 40.2 Å². The lowest BCUT2D eigenvalue weighted by Gasteiger charge is -2.22. The number of rotatable bonds is 5. The van der Waals surface area contributed by atoms with Crippen molar-refractivity contribution in [2.75, 3.05) is 13.7 Å². The van der Waals surface area contributed by atoms with E-state index in [4.69, 9.17) is 14.9 Å². The average Bonchev–Trinajstić information content (AvgIpc) is 2.80. The lowest BCUT2D eigenvalue weighted by molar-refractivity contribution is 0.145. The first kappa shape index (κ1) is 15.6. The predicted octanol–water partition coefficient (Wildman–Crippen LogP) is 2.99. The third kappa shape index (κ3) is 3.12. The summed E-state index contributed by atoms with van der Waals surface area (Å²) >= 11 is 0. The number of hydrogen-bond acceptors (Lipinski definition) is 4. The third-order valence-corrected chi connectivity index (χ3v) is 3.89. The Kier molecular flexibility index (Phi) is 4.70. The first-order valence-corrected chi connectivity index (χ1v) is 7.07. The standard InChI is InChI=1S/C17H23NO3/c1-10-5-6-13(8-16(10)20-4)15(9-18)17(19)14-7-11(2)21-12(14)3/h5-8,15,17,19H,9,18H2,1-4H3. The molecule has 0 spiro atoms. The van der Waals surface area contributed by atoms with Crippen LogP contribution in [0.2, 0.25) is 0 Å². The van der Waals surface area contributed by atoms with Crippen LogP contribution in [0.4, 0.5) is 0 Å². The Labute approximate surface area is 125 Å². The lowest BCUT2D eigenvalue weighted by Crippen LogP contribution is -2.20. The molecule has 21 heavy (non-hydrogen) atoms. The van der Waals surface area contributed by atoms with Crippen molar-refractivity contribution < 1.29 is 14.3 Å². The van der Waals surface area contributed by atoms with Gasteiger partial charge in [-0.05, 0) is 44.0 Å². The summed E-state index contributed by atoms with van der Waals surface area (Å²) in [6, 6.07) is 7.78. The molecule has 0 amide bonds. The Hall–Kier alpha value is -1.78. The normalized spacial score (nSPS) is 14.0. The van der Waals surface area contributed by atoms with Crippen LogP contribution in [0.3, 0.4) is 0 Å². The zero-order valence-electron chi connectivity index (χ0n) is 13.0. The number of hydrogen-bond donors (Lipinski definition) is 2. The largest absolute Gasteiger partial charge is 0.496 e. The summed E-state index contributed by atoms with van der Waals surface area (Å²) in [5.74, 6) is 2.13. The molecule has 4 nitrogen and oxygen atoms in total. The number of aryl methyl sites for hydroxylation is 3. The molecule has 1 heterocycles. The van der Waals surface area contributed by atoms with Crippen molar-refractivity contribution in [3.05, 3.63) is 52.5 Å². The Bertz CT molecular complexity index is 618. The van der Waals surface area contributed by atoms with Gasteiger partial charge in [-0.15, -0.1) is 0 Å². The minimum absolute atomic E-state index is 0.199. The second kappa shape index (κ2) is 6.33. The van der Waals surface area contributed by atoms with E-state index >= 15 is 0 Å². The van der Waals surface area contributed by atoms with Gasteiger partial charge in [-0.2, -0.15) is 0 Å². The number of methoxy groups -OCH3 is 1. The third-order valence-electron chi connectivity index (χ3n) is 3.89. The van der Waals surface area contributed by atoms with Crippen molar-refractivity contribution in [2.45, 2.75) is 32.8 Å². The molecule has 2 atom stereocenters. The smallest absolute Gasteiger partial charge is 0.122 e. The molecule has 3 N–H and O–H groups in total. The summed E-state index contributed by atoms with van der Waals surface area (Å²) in [5, 5.41) is 10.7. The first-order chi connectivity index (χ1) is 9.97. The molecule has 0 fully saturated rings. The van der Waals surface area contributed by atoms with Crippen LogP contribution in [0, 0.1) is 20.8 Å². The number of aliphatic hydroxyl groups excluding tert-OH is 1. The summed E-state index contributed by atoms with van der Waals surface area (Å²) < 4.78 is 10.9. The van der Waals surface area contributed by atoms with Gasteiger partial charge in [0.1, 0.15) is 17.3 Å². The van der Waals surface area contributed by atoms with E-state index in [1.165, 1.54) is 0 Å². The van der Waals surface area contributed by atoms with Gasteiger partial charge in [-0.1, -0.05) is 12.1 Å². The van der Waals surface area contributed by atoms with Gasteiger partial charge in [-0.25, -0.2) is 0 Å². The van der Waals surface area contributed by atoms with Gasteiger partial charge in [0.15, 0.2) is 0 Å². The van der Waals surface area contributed by atoms with Gasteiger partial charge in [0.2, 0.25) is 0 Å². The average molecular weight is 289 g/mol. The topological polar surface area (TPSA) is 68.6 Å². The zero-order chi connectivity index (χ0) is 15.6.